The van der Waals surface area contributed by atoms with Crippen LogP contribution in [0.25, 0.3) is 0 Å². The quantitative estimate of drug-likeness (QED) is 0.868. The van der Waals surface area contributed by atoms with E-state index in [0.29, 0.717) is 5.92 Å². The molecular formula is C17H23F3N2. The molecule has 0 bridgehead atoms. The predicted octanol–water partition coefficient (Wildman–Crippen LogP) is 3.80. The molecule has 0 radical (unpaired) electrons. The van der Waals surface area contributed by atoms with E-state index in [1.165, 1.54) is 12.1 Å². The zero-order valence-electron chi connectivity index (χ0n) is 13.0. The molecule has 1 aromatic rings. The van der Waals surface area contributed by atoms with Crippen LogP contribution in [0.15, 0.2) is 24.3 Å². The van der Waals surface area contributed by atoms with Crippen molar-refractivity contribution < 1.29 is 13.2 Å². The van der Waals surface area contributed by atoms with Gasteiger partial charge in [0.1, 0.15) is 0 Å². The molecule has 0 amide bonds. The first kappa shape index (κ1) is 15.8. The van der Waals surface area contributed by atoms with Crippen molar-refractivity contribution in [2.75, 3.05) is 0 Å². The zero-order valence-corrected chi connectivity index (χ0v) is 13.0. The van der Waals surface area contributed by atoms with Crippen LogP contribution in [-0.2, 0) is 11.7 Å². The van der Waals surface area contributed by atoms with Gasteiger partial charge in [-0.15, -0.1) is 0 Å². The number of benzene rings is 1. The fourth-order valence-electron chi connectivity index (χ4n) is 3.27. The molecule has 0 heterocycles. The largest absolute Gasteiger partial charge is 0.416 e. The van der Waals surface area contributed by atoms with Crippen LogP contribution in [0.3, 0.4) is 0 Å². The van der Waals surface area contributed by atoms with E-state index in [2.05, 4.69) is 5.32 Å². The molecule has 3 N–H and O–H groups in total. The van der Waals surface area contributed by atoms with Crippen molar-refractivity contribution in [2.24, 2.45) is 11.7 Å². The summed E-state index contributed by atoms with van der Waals surface area (Å²) in [6, 6.07) is 5.85. The molecular weight excluding hydrogens is 289 g/mol. The second-order valence-electron chi connectivity index (χ2n) is 7.44. The Morgan fingerprint density at radius 2 is 1.86 bits per heavy atom. The van der Waals surface area contributed by atoms with Crippen molar-refractivity contribution in [2.45, 2.75) is 62.8 Å². The van der Waals surface area contributed by atoms with Crippen LogP contribution in [0, 0.1) is 5.92 Å². The van der Waals surface area contributed by atoms with Crippen molar-refractivity contribution in [3.05, 3.63) is 35.4 Å². The molecule has 5 heteroatoms. The molecule has 2 aliphatic carbocycles. The van der Waals surface area contributed by atoms with Crippen molar-refractivity contribution >= 4 is 0 Å². The van der Waals surface area contributed by atoms with E-state index < -0.39 is 11.7 Å². The summed E-state index contributed by atoms with van der Waals surface area (Å²) in [6.45, 7) is 3.98. The number of hydrogen-bond donors (Lipinski definition) is 2. The first-order valence-corrected chi connectivity index (χ1v) is 7.86. The predicted molar refractivity (Wildman–Crippen MR) is 80.3 cm³/mol. The van der Waals surface area contributed by atoms with Gasteiger partial charge in [-0.3, -0.25) is 0 Å². The fraction of sp³-hybridized carbons (Fsp3) is 0.647. The minimum Gasteiger partial charge on any atom is -0.324 e. The average molecular weight is 312 g/mol. The Morgan fingerprint density at radius 3 is 2.32 bits per heavy atom. The molecule has 2 nitrogen and oxygen atoms in total. The standard InChI is InChI=1S/C17H23F3N2/c1-15(2,21)14(11-6-7-11)22-16(8-9-16)12-4-3-5-13(10-12)17(18,19)20/h3-5,10-11,14,22H,6-9,21H2,1-2H3. The summed E-state index contributed by atoms with van der Waals surface area (Å²) in [5.74, 6) is 0.545. The van der Waals surface area contributed by atoms with Crippen LogP contribution in [-0.4, -0.2) is 11.6 Å². The van der Waals surface area contributed by atoms with Crippen molar-refractivity contribution in [1.82, 2.24) is 5.32 Å². The molecule has 3 rings (SSSR count). The Bertz CT molecular complexity index is 552. The van der Waals surface area contributed by atoms with E-state index in [1.54, 1.807) is 6.07 Å². The second-order valence-corrected chi connectivity index (χ2v) is 7.44. The van der Waals surface area contributed by atoms with E-state index in [4.69, 9.17) is 5.73 Å². The van der Waals surface area contributed by atoms with Gasteiger partial charge in [-0.1, -0.05) is 12.1 Å². The summed E-state index contributed by atoms with van der Waals surface area (Å²) in [4.78, 5) is 0. The van der Waals surface area contributed by atoms with Crippen LogP contribution >= 0.6 is 0 Å². The monoisotopic (exact) mass is 312 g/mol. The third-order valence-electron chi connectivity index (χ3n) is 4.82. The van der Waals surface area contributed by atoms with Gasteiger partial charge < -0.3 is 11.1 Å². The number of rotatable bonds is 5. The third-order valence-corrected chi connectivity index (χ3v) is 4.82. The van der Waals surface area contributed by atoms with E-state index in [9.17, 15) is 13.2 Å². The van der Waals surface area contributed by atoms with Crippen LogP contribution in [0.1, 0.15) is 50.7 Å². The molecule has 2 fully saturated rings. The Hall–Kier alpha value is -1.07. The highest BCUT2D eigenvalue weighted by molar-refractivity contribution is 5.35. The molecule has 1 atom stereocenters. The van der Waals surface area contributed by atoms with Gasteiger partial charge >= 0.3 is 6.18 Å². The van der Waals surface area contributed by atoms with Crippen LogP contribution in [0.5, 0.6) is 0 Å². The summed E-state index contributed by atoms with van der Waals surface area (Å²) in [6.07, 6.45) is -0.260. The van der Waals surface area contributed by atoms with Crippen LogP contribution < -0.4 is 11.1 Å². The van der Waals surface area contributed by atoms with Gasteiger partial charge in [0.2, 0.25) is 0 Å². The summed E-state index contributed by atoms with van der Waals surface area (Å²) < 4.78 is 38.8. The smallest absolute Gasteiger partial charge is 0.324 e. The van der Waals surface area contributed by atoms with Crippen LogP contribution in [0.2, 0.25) is 0 Å². The van der Waals surface area contributed by atoms with E-state index >= 15 is 0 Å². The number of hydrogen-bond acceptors (Lipinski definition) is 2. The summed E-state index contributed by atoms with van der Waals surface area (Å²) in [5.41, 5.74) is 5.74. The van der Waals surface area contributed by atoms with Gasteiger partial charge in [0.25, 0.3) is 0 Å². The van der Waals surface area contributed by atoms with E-state index in [0.717, 1.165) is 37.3 Å². The van der Waals surface area contributed by atoms with Gasteiger partial charge in [-0.2, -0.15) is 13.2 Å². The maximum Gasteiger partial charge on any atom is 0.416 e. The van der Waals surface area contributed by atoms with E-state index in [1.807, 2.05) is 13.8 Å². The third kappa shape index (κ3) is 3.15. The lowest BCUT2D eigenvalue weighted by atomic mass is 9.89. The normalized spacial score (nSPS) is 22.5. The highest BCUT2D eigenvalue weighted by atomic mass is 19.4. The van der Waals surface area contributed by atoms with Crippen molar-refractivity contribution in [3.8, 4) is 0 Å². The summed E-state index contributed by atoms with van der Waals surface area (Å²) >= 11 is 0. The van der Waals surface area contributed by atoms with Gasteiger partial charge in [0.05, 0.1) is 5.56 Å². The Labute approximate surface area is 129 Å². The summed E-state index contributed by atoms with van der Waals surface area (Å²) in [7, 11) is 0. The zero-order chi connectivity index (χ0) is 16.2. The molecule has 2 saturated carbocycles. The highest BCUT2D eigenvalue weighted by Gasteiger charge is 2.50. The molecule has 122 valence electrons. The lowest BCUT2D eigenvalue weighted by Crippen LogP contribution is -2.57. The van der Waals surface area contributed by atoms with E-state index in [-0.39, 0.29) is 17.1 Å². The molecule has 0 spiro atoms. The number of alkyl halides is 3. The number of halogens is 3. The molecule has 2 aliphatic rings. The maximum atomic E-state index is 12.9. The number of nitrogens with one attached hydrogen (secondary N) is 1. The van der Waals surface area contributed by atoms with Gasteiger partial charge in [0, 0.05) is 17.1 Å². The Kier molecular flexibility index (Phi) is 3.57. The van der Waals surface area contributed by atoms with Gasteiger partial charge in [-0.25, -0.2) is 0 Å². The molecule has 1 unspecified atom stereocenters. The average Bonchev–Trinajstić information content (AvgIpc) is 3.28. The first-order valence-electron chi connectivity index (χ1n) is 7.86. The SMILES string of the molecule is CC(C)(N)C(NC1(c2cccc(C(F)(F)F)c2)CC1)C1CC1. The molecule has 0 saturated heterocycles. The van der Waals surface area contributed by atoms with Gasteiger partial charge in [-0.05, 0) is 63.1 Å². The Morgan fingerprint density at radius 1 is 1.23 bits per heavy atom. The minimum atomic E-state index is -4.30. The molecule has 1 aromatic carbocycles. The topological polar surface area (TPSA) is 38.0 Å². The fourth-order valence-corrected chi connectivity index (χ4v) is 3.27. The molecule has 0 aromatic heterocycles. The lowest BCUT2D eigenvalue weighted by Gasteiger charge is -2.36. The first-order chi connectivity index (χ1) is 10.1. The van der Waals surface area contributed by atoms with Crippen LogP contribution in [0.4, 0.5) is 13.2 Å². The second kappa shape index (κ2) is 4.96. The maximum absolute atomic E-state index is 12.9. The van der Waals surface area contributed by atoms with Crippen molar-refractivity contribution in [1.29, 1.82) is 0 Å². The van der Waals surface area contributed by atoms with Gasteiger partial charge in [0.15, 0.2) is 0 Å². The Balaban J connectivity index is 1.84. The molecule has 22 heavy (non-hydrogen) atoms. The summed E-state index contributed by atoms with van der Waals surface area (Å²) in [5, 5.41) is 3.61. The highest BCUT2D eigenvalue weighted by Crippen LogP contribution is 2.49. The van der Waals surface area contributed by atoms with Crippen molar-refractivity contribution in [3.63, 3.8) is 0 Å². The lowest BCUT2D eigenvalue weighted by molar-refractivity contribution is -0.137. The minimum absolute atomic E-state index is 0.143. The number of nitrogens with two attached hydrogens (primary N) is 1. The molecule has 0 aliphatic heterocycles.